The second kappa shape index (κ2) is 4.72. The Morgan fingerprint density at radius 1 is 1.18 bits per heavy atom. The van der Waals surface area contributed by atoms with Crippen molar-refractivity contribution < 1.29 is 14.3 Å². The summed E-state index contributed by atoms with van der Waals surface area (Å²) in [5.41, 5.74) is -1.63. The van der Waals surface area contributed by atoms with Crippen LogP contribution in [0.1, 0.15) is 40.0 Å². The molecule has 2 atom stereocenters. The van der Waals surface area contributed by atoms with E-state index in [0.29, 0.717) is 16.5 Å². The standard InChI is InChI=1S/C17H18Cl2O3/c1-15(2)16(3)6-7-17(15,9-13(16)20)14(21)22-12-5-4-10(18)8-11(12)19/h4-5,8H,6-7,9H2,1-3H3/t16-,17+/m1/s1. The van der Waals surface area contributed by atoms with Crippen LogP contribution in [0.4, 0.5) is 0 Å². The SMILES string of the molecule is CC1(C)[C@@]2(C(=O)Oc3ccc(Cl)cc3Cl)CC[C@]1(C)C(=O)C2. The highest BCUT2D eigenvalue weighted by Gasteiger charge is 2.73. The summed E-state index contributed by atoms with van der Waals surface area (Å²) in [6.45, 7) is 5.96. The summed E-state index contributed by atoms with van der Waals surface area (Å²) >= 11 is 11.9. The molecule has 0 saturated heterocycles. The van der Waals surface area contributed by atoms with Gasteiger partial charge in [0.1, 0.15) is 11.5 Å². The molecule has 118 valence electrons. The smallest absolute Gasteiger partial charge is 0.318 e. The van der Waals surface area contributed by atoms with Gasteiger partial charge in [0.2, 0.25) is 0 Å². The summed E-state index contributed by atoms with van der Waals surface area (Å²) in [4.78, 5) is 25.3. The first-order valence-corrected chi connectivity index (χ1v) is 8.10. The molecule has 2 saturated carbocycles. The molecule has 0 radical (unpaired) electrons. The molecule has 2 bridgehead atoms. The summed E-state index contributed by atoms with van der Waals surface area (Å²) in [6, 6.07) is 4.74. The van der Waals surface area contributed by atoms with Gasteiger partial charge in [-0.05, 0) is 36.5 Å². The van der Waals surface area contributed by atoms with Crippen molar-refractivity contribution in [2.75, 3.05) is 0 Å². The third-order valence-corrected chi connectivity index (χ3v) is 6.72. The minimum atomic E-state index is -0.762. The zero-order chi connectivity index (χ0) is 16.3. The van der Waals surface area contributed by atoms with E-state index in [9.17, 15) is 9.59 Å². The van der Waals surface area contributed by atoms with Crippen LogP contribution >= 0.6 is 23.2 Å². The fourth-order valence-electron chi connectivity index (χ4n) is 4.07. The van der Waals surface area contributed by atoms with Crippen LogP contribution in [-0.2, 0) is 9.59 Å². The maximum atomic E-state index is 12.9. The van der Waals surface area contributed by atoms with Crippen LogP contribution in [0.5, 0.6) is 5.75 Å². The van der Waals surface area contributed by atoms with Gasteiger partial charge in [0.15, 0.2) is 0 Å². The number of ketones is 1. The molecule has 2 aliphatic carbocycles. The molecule has 0 N–H and O–H groups in total. The Labute approximate surface area is 139 Å². The number of rotatable bonds is 2. The normalized spacial score (nSPS) is 32.3. The highest BCUT2D eigenvalue weighted by Crippen LogP contribution is 2.70. The average molecular weight is 341 g/mol. The lowest BCUT2D eigenvalue weighted by Crippen LogP contribution is -2.42. The fraction of sp³-hybridized carbons (Fsp3) is 0.529. The number of carbonyl (C=O) groups is 2. The highest BCUT2D eigenvalue weighted by molar-refractivity contribution is 6.35. The predicted molar refractivity (Wildman–Crippen MR) is 85.3 cm³/mol. The van der Waals surface area contributed by atoms with E-state index in [1.165, 1.54) is 6.07 Å². The van der Waals surface area contributed by atoms with Crippen LogP contribution in [-0.4, -0.2) is 11.8 Å². The molecule has 2 aliphatic rings. The lowest BCUT2D eigenvalue weighted by atomic mass is 9.65. The van der Waals surface area contributed by atoms with Gasteiger partial charge in [0, 0.05) is 16.9 Å². The zero-order valence-electron chi connectivity index (χ0n) is 12.8. The Morgan fingerprint density at radius 2 is 1.86 bits per heavy atom. The summed E-state index contributed by atoms with van der Waals surface area (Å²) in [7, 11) is 0. The van der Waals surface area contributed by atoms with E-state index >= 15 is 0 Å². The van der Waals surface area contributed by atoms with Crippen molar-refractivity contribution in [2.24, 2.45) is 16.2 Å². The van der Waals surface area contributed by atoms with Gasteiger partial charge in [0.05, 0.1) is 10.4 Å². The number of Topliss-reactive ketones (excluding diaryl/α,β-unsaturated/α-hetero) is 1. The second-order valence-corrected chi connectivity index (χ2v) is 7.95. The molecule has 1 aromatic carbocycles. The zero-order valence-corrected chi connectivity index (χ0v) is 14.3. The minimum Gasteiger partial charge on any atom is -0.424 e. The van der Waals surface area contributed by atoms with Crippen LogP contribution in [0.15, 0.2) is 18.2 Å². The molecule has 3 nitrogen and oxygen atoms in total. The monoisotopic (exact) mass is 340 g/mol. The van der Waals surface area contributed by atoms with E-state index in [2.05, 4.69) is 0 Å². The molecular weight excluding hydrogens is 323 g/mol. The van der Waals surface area contributed by atoms with E-state index < -0.39 is 16.2 Å². The van der Waals surface area contributed by atoms with Crippen molar-refractivity contribution in [2.45, 2.75) is 40.0 Å². The van der Waals surface area contributed by atoms with Crippen LogP contribution in [0.25, 0.3) is 0 Å². The summed E-state index contributed by atoms with van der Waals surface area (Å²) in [5.74, 6) is 0.0772. The number of esters is 1. The molecule has 0 aliphatic heterocycles. The van der Waals surface area contributed by atoms with Gasteiger partial charge in [-0.2, -0.15) is 0 Å². The highest BCUT2D eigenvalue weighted by atomic mass is 35.5. The Balaban J connectivity index is 1.94. The molecule has 0 spiro atoms. The lowest BCUT2D eigenvalue weighted by Gasteiger charge is -2.37. The Hall–Kier alpha value is -1.06. The predicted octanol–water partition coefficient (Wildman–Crippen LogP) is 4.68. The van der Waals surface area contributed by atoms with E-state index in [0.717, 1.165) is 6.42 Å². The molecular formula is C17H18Cl2O3. The van der Waals surface area contributed by atoms with Gasteiger partial charge in [-0.15, -0.1) is 0 Å². The summed E-state index contributed by atoms with van der Waals surface area (Å²) in [6.07, 6.45) is 1.65. The number of carbonyl (C=O) groups excluding carboxylic acids is 2. The van der Waals surface area contributed by atoms with E-state index in [1.54, 1.807) is 12.1 Å². The first kappa shape index (κ1) is 15.8. The third kappa shape index (κ3) is 1.82. The average Bonchev–Trinajstić information content (AvgIpc) is 2.72. The van der Waals surface area contributed by atoms with Crippen molar-refractivity contribution in [3.05, 3.63) is 28.2 Å². The van der Waals surface area contributed by atoms with Crippen LogP contribution in [0.3, 0.4) is 0 Å². The quantitative estimate of drug-likeness (QED) is 0.579. The fourth-order valence-corrected chi connectivity index (χ4v) is 4.51. The minimum absolute atomic E-state index is 0.155. The van der Waals surface area contributed by atoms with Gasteiger partial charge in [-0.3, -0.25) is 9.59 Å². The number of fused-ring (bicyclic) bond motifs is 2. The molecule has 2 fully saturated rings. The van der Waals surface area contributed by atoms with Crippen molar-refractivity contribution in [3.8, 4) is 5.75 Å². The Kier molecular flexibility index (Phi) is 3.39. The van der Waals surface area contributed by atoms with Gasteiger partial charge in [-0.25, -0.2) is 0 Å². The van der Waals surface area contributed by atoms with Crippen LogP contribution in [0.2, 0.25) is 10.0 Å². The van der Waals surface area contributed by atoms with E-state index in [-0.39, 0.29) is 23.9 Å². The van der Waals surface area contributed by atoms with E-state index in [1.807, 2.05) is 20.8 Å². The molecule has 0 aromatic heterocycles. The molecule has 5 heteroatoms. The maximum Gasteiger partial charge on any atom is 0.318 e. The van der Waals surface area contributed by atoms with Crippen molar-refractivity contribution in [1.82, 2.24) is 0 Å². The maximum absolute atomic E-state index is 12.9. The molecule has 22 heavy (non-hydrogen) atoms. The molecule has 3 rings (SSSR count). The first-order valence-electron chi connectivity index (χ1n) is 7.35. The van der Waals surface area contributed by atoms with Crippen LogP contribution < -0.4 is 4.74 Å². The number of halogens is 2. The van der Waals surface area contributed by atoms with Gasteiger partial charge >= 0.3 is 5.97 Å². The number of benzene rings is 1. The molecule has 0 heterocycles. The van der Waals surface area contributed by atoms with Crippen molar-refractivity contribution >= 4 is 35.0 Å². The number of ether oxygens (including phenoxy) is 1. The number of hydrogen-bond acceptors (Lipinski definition) is 3. The summed E-state index contributed by atoms with van der Waals surface area (Å²) < 4.78 is 5.55. The Bertz CT molecular complexity index is 682. The van der Waals surface area contributed by atoms with E-state index in [4.69, 9.17) is 27.9 Å². The summed E-state index contributed by atoms with van der Waals surface area (Å²) in [5, 5.41) is 0.771. The first-order chi connectivity index (χ1) is 10.1. The Morgan fingerprint density at radius 3 is 2.36 bits per heavy atom. The lowest BCUT2D eigenvalue weighted by molar-refractivity contribution is -0.151. The van der Waals surface area contributed by atoms with Crippen molar-refractivity contribution in [1.29, 1.82) is 0 Å². The van der Waals surface area contributed by atoms with Gasteiger partial charge in [0.25, 0.3) is 0 Å². The largest absolute Gasteiger partial charge is 0.424 e. The van der Waals surface area contributed by atoms with Gasteiger partial charge in [-0.1, -0.05) is 44.0 Å². The molecule has 1 aromatic rings. The second-order valence-electron chi connectivity index (χ2n) is 7.10. The van der Waals surface area contributed by atoms with Crippen LogP contribution in [0, 0.1) is 16.2 Å². The molecule has 0 amide bonds. The van der Waals surface area contributed by atoms with Gasteiger partial charge < -0.3 is 4.74 Å². The topological polar surface area (TPSA) is 43.4 Å². The number of hydrogen-bond donors (Lipinski definition) is 0. The van der Waals surface area contributed by atoms with Crippen molar-refractivity contribution in [3.63, 3.8) is 0 Å². The molecule has 0 unspecified atom stereocenters. The third-order valence-electron chi connectivity index (χ3n) is 6.19.